The van der Waals surface area contributed by atoms with Gasteiger partial charge in [-0.05, 0) is 56.0 Å². The highest BCUT2D eigenvalue weighted by atomic mass is 19.1. The third kappa shape index (κ3) is 5.92. The van der Waals surface area contributed by atoms with Crippen molar-refractivity contribution in [1.82, 2.24) is 19.8 Å². The Morgan fingerprint density at radius 2 is 2.16 bits per heavy atom. The summed E-state index contributed by atoms with van der Waals surface area (Å²) in [6, 6.07) is 5.56. The first-order valence-electron chi connectivity index (χ1n) is 14.9. The summed E-state index contributed by atoms with van der Waals surface area (Å²) < 4.78 is 47.4. The van der Waals surface area contributed by atoms with Crippen molar-refractivity contribution < 1.29 is 32.9 Å². The second-order valence-corrected chi connectivity index (χ2v) is 11.7. The average Bonchev–Trinajstić information content (AvgIpc) is 3.62. The number of phenols is 1. The quantitative estimate of drug-likeness (QED) is 0.296. The minimum atomic E-state index is -0.935. The molecule has 1 unspecified atom stereocenters. The monoisotopic (exact) mass is 619 g/mol. The molecule has 3 aliphatic rings. The lowest BCUT2D eigenvalue weighted by molar-refractivity contribution is -0.126. The number of hydrogen-bond donors (Lipinski definition) is 1. The largest absolute Gasteiger partial charge is 0.508 e. The number of carbonyl (C=O) groups excluding carboxylic acids is 1. The topological polar surface area (TPSA) is 100 Å². The van der Waals surface area contributed by atoms with Gasteiger partial charge >= 0.3 is 6.01 Å². The molecule has 0 aliphatic carbocycles. The van der Waals surface area contributed by atoms with Crippen molar-refractivity contribution in [3.05, 3.63) is 53.9 Å². The van der Waals surface area contributed by atoms with E-state index in [0.717, 1.165) is 12.8 Å². The molecule has 3 aromatic rings. The van der Waals surface area contributed by atoms with Gasteiger partial charge in [0.25, 0.3) is 5.88 Å². The molecule has 236 valence electrons. The zero-order valence-electron chi connectivity index (χ0n) is 25.2. The standard InChI is InChI=1S/C33H35F2N5O5/c1-5-24-26(35)10-9-19-12-23(41)14-25(29(19)24)27-18-43-30-31(39(4)16-21-8-7-11-40(21)28(42)6-2)36-33(37-32(30)45-27)44-17-22-13-20(34)15-38(22)3/h1,6,9-10,12,14,20-22,27,41H,2,7-8,11,13,15-18H2,3-4H3/t20-,21+,22+,27?/m1/s1. The number of alkyl halides is 1. The molecular formula is C33H35F2N5O5. The first-order chi connectivity index (χ1) is 21.7. The van der Waals surface area contributed by atoms with Crippen molar-refractivity contribution >= 4 is 22.5 Å². The molecule has 0 bridgehead atoms. The molecular weight excluding hydrogens is 584 g/mol. The second kappa shape index (κ2) is 12.4. The molecule has 0 radical (unpaired) electrons. The molecule has 0 saturated carbocycles. The number of benzene rings is 2. The highest BCUT2D eigenvalue weighted by molar-refractivity contribution is 5.93. The Kier molecular flexibility index (Phi) is 8.38. The van der Waals surface area contributed by atoms with Crippen LogP contribution in [0.3, 0.4) is 0 Å². The molecule has 4 atom stereocenters. The highest BCUT2D eigenvalue weighted by Crippen LogP contribution is 2.44. The Hall–Kier alpha value is -4.63. The summed E-state index contributed by atoms with van der Waals surface area (Å²) in [4.78, 5) is 27.2. The van der Waals surface area contributed by atoms with Crippen molar-refractivity contribution in [2.45, 2.75) is 43.6 Å². The van der Waals surface area contributed by atoms with Gasteiger partial charge in [0.15, 0.2) is 11.9 Å². The van der Waals surface area contributed by atoms with Crippen LogP contribution in [0, 0.1) is 18.2 Å². The lowest BCUT2D eigenvalue weighted by Gasteiger charge is -2.32. The molecule has 4 heterocycles. The fourth-order valence-electron chi connectivity index (χ4n) is 6.48. The highest BCUT2D eigenvalue weighted by Gasteiger charge is 2.35. The van der Waals surface area contributed by atoms with Crippen LogP contribution in [0.5, 0.6) is 23.4 Å². The van der Waals surface area contributed by atoms with E-state index in [2.05, 4.69) is 22.5 Å². The normalized spacial score (nSPS) is 22.8. The predicted octanol–water partition coefficient (Wildman–Crippen LogP) is 4.00. The van der Waals surface area contributed by atoms with E-state index in [-0.39, 0.29) is 60.2 Å². The van der Waals surface area contributed by atoms with Crippen molar-refractivity contribution in [3.8, 4) is 35.7 Å². The molecule has 10 nitrogen and oxygen atoms in total. The van der Waals surface area contributed by atoms with Crippen LogP contribution >= 0.6 is 0 Å². The summed E-state index contributed by atoms with van der Waals surface area (Å²) in [7, 11) is 3.67. The molecule has 2 aromatic carbocycles. The predicted molar refractivity (Wildman–Crippen MR) is 164 cm³/mol. The number of phenolic OH excluding ortho intramolecular Hbond substituents is 1. The van der Waals surface area contributed by atoms with Gasteiger partial charge in [-0.1, -0.05) is 18.6 Å². The van der Waals surface area contributed by atoms with Crippen LogP contribution in [-0.2, 0) is 4.79 Å². The molecule has 3 aliphatic heterocycles. The zero-order valence-corrected chi connectivity index (χ0v) is 25.2. The van der Waals surface area contributed by atoms with E-state index in [0.29, 0.717) is 48.2 Å². The molecule has 1 amide bonds. The Morgan fingerprint density at radius 1 is 1.33 bits per heavy atom. The number of terminal acetylenes is 1. The van der Waals surface area contributed by atoms with E-state index >= 15 is 0 Å². The number of aromatic nitrogens is 2. The van der Waals surface area contributed by atoms with Crippen LogP contribution in [0.2, 0.25) is 0 Å². The maximum absolute atomic E-state index is 14.8. The van der Waals surface area contributed by atoms with E-state index in [1.54, 1.807) is 11.0 Å². The lowest BCUT2D eigenvalue weighted by Crippen LogP contribution is -2.42. The Bertz CT molecular complexity index is 1680. The van der Waals surface area contributed by atoms with Gasteiger partial charge in [-0.15, -0.1) is 6.42 Å². The first-order valence-corrected chi connectivity index (χ1v) is 14.9. The van der Waals surface area contributed by atoms with Gasteiger partial charge in [0.2, 0.25) is 11.7 Å². The molecule has 1 N–H and O–H groups in total. The fourth-order valence-corrected chi connectivity index (χ4v) is 6.48. The molecule has 45 heavy (non-hydrogen) atoms. The average molecular weight is 620 g/mol. The zero-order chi connectivity index (χ0) is 31.8. The van der Waals surface area contributed by atoms with Gasteiger partial charge in [-0.3, -0.25) is 9.69 Å². The maximum Gasteiger partial charge on any atom is 0.322 e. The minimum Gasteiger partial charge on any atom is -0.508 e. The number of carbonyl (C=O) groups is 1. The number of aromatic hydroxyl groups is 1. The van der Waals surface area contributed by atoms with Gasteiger partial charge in [-0.2, -0.15) is 9.97 Å². The number of ether oxygens (including phenoxy) is 3. The van der Waals surface area contributed by atoms with E-state index < -0.39 is 18.1 Å². The van der Waals surface area contributed by atoms with E-state index in [1.807, 2.05) is 23.9 Å². The summed E-state index contributed by atoms with van der Waals surface area (Å²) in [5, 5.41) is 11.5. The third-order valence-corrected chi connectivity index (χ3v) is 8.73. The number of rotatable bonds is 8. The van der Waals surface area contributed by atoms with Crippen molar-refractivity contribution in [2.75, 3.05) is 51.8 Å². The van der Waals surface area contributed by atoms with Crippen LogP contribution < -0.4 is 19.1 Å². The van der Waals surface area contributed by atoms with Gasteiger partial charge in [0.1, 0.15) is 31.0 Å². The van der Waals surface area contributed by atoms with Gasteiger partial charge in [0.05, 0.1) is 5.56 Å². The minimum absolute atomic E-state index is 0.00819. The van der Waals surface area contributed by atoms with Crippen molar-refractivity contribution in [1.29, 1.82) is 0 Å². The number of amides is 1. The van der Waals surface area contributed by atoms with Crippen LogP contribution in [0.1, 0.15) is 36.5 Å². The van der Waals surface area contributed by atoms with Gasteiger partial charge < -0.3 is 29.1 Å². The van der Waals surface area contributed by atoms with Crippen LogP contribution in [0.4, 0.5) is 14.6 Å². The van der Waals surface area contributed by atoms with Crippen LogP contribution in [0.25, 0.3) is 10.8 Å². The van der Waals surface area contributed by atoms with Crippen LogP contribution in [0.15, 0.2) is 36.9 Å². The van der Waals surface area contributed by atoms with Crippen molar-refractivity contribution in [2.24, 2.45) is 0 Å². The third-order valence-electron chi connectivity index (χ3n) is 8.73. The smallest absolute Gasteiger partial charge is 0.322 e. The summed E-state index contributed by atoms with van der Waals surface area (Å²) in [6.07, 6.45) is 7.28. The molecule has 2 fully saturated rings. The Labute approximate surface area is 260 Å². The summed E-state index contributed by atoms with van der Waals surface area (Å²) in [5.41, 5.74) is 0.483. The number of hydrogen-bond acceptors (Lipinski definition) is 9. The van der Waals surface area contributed by atoms with Crippen molar-refractivity contribution in [3.63, 3.8) is 0 Å². The lowest BCUT2D eigenvalue weighted by atomic mass is 9.95. The molecule has 1 aromatic heterocycles. The number of nitrogens with zero attached hydrogens (tertiary/aromatic N) is 5. The fraction of sp³-hybridized carbons (Fsp3) is 0.424. The number of likely N-dealkylation sites (N-methyl/N-ethyl adjacent to an activating group) is 2. The van der Waals surface area contributed by atoms with Gasteiger partial charge in [-0.25, -0.2) is 8.78 Å². The second-order valence-electron chi connectivity index (χ2n) is 11.7. The SMILES string of the molecule is C#Cc1c(F)ccc2cc(O)cc(C3COc4c(nc(OC[C@@H]5C[C@@H](F)CN5C)nc4N(C)C[C@@H]4CCCN4C(=O)C=C)O3)c12. The number of likely N-dealkylation sites (tertiary alicyclic amines) is 2. The number of fused-ring (bicyclic) bond motifs is 2. The Balaban J connectivity index is 1.35. The van der Waals surface area contributed by atoms with Crippen LogP contribution in [-0.4, -0.2) is 96.0 Å². The van der Waals surface area contributed by atoms with E-state index in [9.17, 15) is 18.7 Å². The maximum atomic E-state index is 14.8. The first kappa shape index (κ1) is 30.4. The van der Waals surface area contributed by atoms with E-state index in [4.69, 9.17) is 20.6 Å². The number of anilines is 1. The molecule has 0 spiro atoms. The molecule has 2 saturated heterocycles. The summed E-state index contributed by atoms with van der Waals surface area (Å²) in [5.74, 6) is 2.43. The van der Waals surface area contributed by atoms with E-state index in [1.165, 1.54) is 24.3 Å². The van der Waals surface area contributed by atoms with Gasteiger partial charge in [0, 0.05) is 49.7 Å². The molecule has 12 heteroatoms. The molecule has 6 rings (SSSR count). The summed E-state index contributed by atoms with van der Waals surface area (Å²) in [6.45, 7) is 5.20. The number of halogens is 2. The Morgan fingerprint density at radius 3 is 2.89 bits per heavy atom. The summed E-state index contributed by atoms with van der Waals surface area (Å²) >= 11 is 0.